The molecule has 0 atom stereocenters. The van der Waals surface area contributed by atoms with Crippen LogP contribution in [0.3, 0.4) is 0 Å². The van der Waals surface area contributed by atoms with Gasteiger partial charge in [-0.15, -0.1) is 11.3 Å². The van der Waals surface area contributed by atoms with Gasteiger partial charge in [-0.1, -0.05) is 6.92 Å². The predicted octanol–water partition coefficient (Wildman–Crippen LogP) is 2.80. The van der Waals surface area contributed by atoms with Crippen molar-refractivity contribution in [2.75, 3.05) is 18.5 Å². The molecule has 0 bridgehead atoms. The van der Waals surface area contributed by atoms with Gasteiger partial charge in [-0.25, -0.2) is 4.68 Å². The van der Waals surface area contributed by atoms with Crippen molar-refractivity contribution in [3.63, 3.8) is 0 Å². The first kappa shape index (κ1) is 15.9. The Kier molecular flexibility index (Phi) is 5.30. The van der Waals surface area contributed by atoms with Gasteiger partial charge in [0.1, 0.15) is 6.54 Å². The highest BCUT2D eigenvalue weighted by Crippen LogP contribution is 2.22. The quantitative estimate of drug-likeness (QED) is 0.734. The maximum atomic E-state index is 12.1. The summed E-state index contributed by atoms with van der Waals surface area (Å²) in [6.45, 7) is 2.89. The van der Waals surface area contributed by atoms with Gasteiger partial charge in [0.2, 0.25) is 0 Å². The Morgan fingerprint density at radius 1 is 1.48 bits per heavy atom. The zero-order chi connectivity index (χ0) is 15.4. The predicted molar refractivity (Wildman–Crippen MR) is 88.4 cm³/mol. The van der Waals surface area contributed by atoms with Crippen molar-refractivity contribution < 1.29 is 4.79 Å². The number of thiophene rings is 1. The first-order valence-electron chi connectivity index (χ1n) is 6.58. The summed E-state index contributed by atoms with van der Waals surface area (Å²) in [5, 5.41) is 4.09. The number of carbonyl (C=O) groups is 1. The highest BCUT2D eigenvalue weighted by Gasteiger charge is 2.12. The fourth-order valence-electron chi connectivity index (χ4n) is 1.89. The second kappa shape index (κ2) is 7.00. The van der Waals surface area contributed by atoms with E-state index in [1.165, 1.54) is 22.1 Å². The molecular weight excluding hydrogens is 354 g/mol. The molecule has 5 nitrogen and oxygen atoms in total. The molecule has 0 fully saturated rings. The first-order valence-corrected chi connectivity index (χ1v) is 8.19. The monoisotopic (exact) mass is 369 g/mol. The van der Waals surface area contributed by atoms with E-state index in [1.54, 1.807) is 12.3 Å². The van der Waals surface area contributed by atoms with Crippen LogP contribution in [-0.2, 0) is 6.54 Å². The smallest absolute Gasteiger partial charge is 0.269 e. The lowest BCUT2D eigenvalue weighted by Gasteiger charge is -2.17. The summed E-state index contributed by atoms with van der Waals surface area (Å²) < 4.78 is 2.09. The summed E-state index contributed by atoms with van der Waals surface area (Å²) in [6, 6.07) is 5.07. The molecule has 0 radical (unpaired) electrons. The van der Waals surface area contributed by atoms with Gasteiger partial charge in [-0.2, -0.15) is 5.10 Å². The number of anilines is 1. The summed E-state index contributed by atoms with van der Waals surface area (Å²) >= 11 is 4.67. The highest BCUT2D eigenvalue weighted by molar-refractivity contribution is 9.11. The van der Waals surface area contributed by atoms with Crippen LogP contribution >= 0.6 is 27.3 Å². The number of nitrogens with zero attached hydrogens (tertiary/aromatic N) is 3. The molecule has 0 N–H and O–H groups in total. The molecule has 2 aromatic rings. The SMILES string of the molecule is CCCN(C)c1cnn(CC(=O)c2ccc(Br)s2)c(=O)c1. The van der Waals surface area contributed by atoms with Crippen LogP contribution in [-0.4, -0.2) is 29.2 Å². The summed E-state index contributed by atoms with van der Waals surface area (Å²) in [4.78, 5) is 26.7. The van der Waals surface area contributed by atoms with Crippen molar-refractivity contribution in [2.45, 2.75) is 19.9 Å². The largest absolute Gasteiger partial charge is 0.373 e. The number of hydrogen-bond donors (Lipinski definition) is 0. The van der Waals surface area contributed by atoms with E-state index in [4.69, 9.17) is 0 Å². The third kappa shape index (κ3) is 4.01. The summed E-state index contributed by atoms with van der Waals surface area (Å²) in [6.07, 6.45) is 2.61. The topological polar surface area (TPSA) is 55.2 Å². The lowest BCUT2D eigenvalue weighted by Crippen LogP contribution is -2.28. The van der Waals surface area contributed by atoms with Crippen molar-refractivity contribution in [1.29, 1.82) is 0 Å². The zero-order valence-electron chi connectivity index (χ0n) is 11.9. The van der Waals surface area contributed by atoms with Gasteiger partial charge >= 0.3 is 0 Å². The van der Waals surface area contributed by atoms with Crippen molar-refractivity contribution in [2.24, 2.45) is 0 Å². The molecule has 2 rings (SSSR count). The molecule has 0 aliphatic heterocycles. The van der Waals surface area contributed by atoms with Gasteiger partial charge in [-0.05, 0) is 34.5 Å². The number of rotatable bonds is 6. The minimum Gasteiger partial charge on any atom is -0.373 e. The Morgan fingerprint density at radius 3 is 2.81 bits per heavy atom. The van der Waals surface area contributed by atoms with Crippen LogP contribution in [0, 0.1) is 0 Å². The van der Waals surface area contributed by atoms with Gasteiger partial charge in [0, 0.05) is 19.7 Å². The molecule has 0 aliphatic rings. The first-order chi connectivity index (χ1) is 10.0. The molecule has 7 heteroatoms. The van der Waals surface area contributed by atoms with Gasteiger partial charge in [-0.3, -0.25) is 9.59 Å². The van der Waals surface area contributed by atoms with Crippen LogP contribution in [0.4, 0.5) is 5.69 Å². The third-order valence-electron chi connectivity index (χ3n) is 3.00. The Labute approximate surface area is 135 Å². The minimum absolute atomic E-state index is 0.0381. The van der Waals surface area contributed by atoms with Crippen LogP contribution in [0.15, 0.2) is 33.0 Å². The Morgan fingerprint density at radius 2 is 2.24 bits per heavy atom. The van der Waals surface area contributed by atoms with E-state index in [0.717, 1.165) is 22.4 Å². The van der Waals surface area contributed by atoms with Crippen LogP contribution in [0.2, 0.25) is 0 Å². The molecule has 0 saturated carbocycles. The standard InChI is InChI=1S/C14H16BrN3O2S/c1-3-6-17(2)10-7-14(20)18(16-8-10)9-11(19)12-4-5-13(15)21-12/h4-5,7-8H,3,6,9H2,1-2H3. The molecule has 21 heavy (non-hydrogen) atoms. The maximum Gasteiger partial charge on any atom is 0.269 e. The van der Waals surface area contributed by atoms with E-state index < -0.39 is 0 Å². The van der Waals surface area contributed by atoms with E-state index in [0.29, 0.717) is 4.88 Å². The van der Waals surface area contributed by atoms with Gasteiger partial charge in [0.05, 0.1) is 20.5 Å². The number of aromatic nitrogens is 2. The lowest BCUT2D eigenvalue weighted by atomic mass is 10.3. The zero-order valence-corrected chi connectivity index (χ0v) is 14.3. The molecule has 0 aromatic carbocycles. The summed E-state index contributed by atoms with van der Waals surface area (Å²) in [5.74, 6) is -0.116. The van der Waals surface area contributed by atoms with Crippen molar-refractivity contribution in [3.8, 4) is 0 Å². The van der Waals surface area contributed by atoms with Gasteiger partial charge in [0.15, 0.2) is 5.78 Å². The van der Waals surface area contributed by atoms with Crippen molar-refractivity contribution in [1.82, 2.24) is 9.78 Å². The van der Waals surface area contributed by atoms with E-state index in [1.807, 2.05) is 18.0 Å². The summed E-state index contributed by atoms with van der Waals surface area (Å²) in [5.41, 5.74) is 0.504. The van der Waals surface area contributed by atoms with Gasteiger partial charge < -0.3 is 4.90 Å². The fraction of sp³-hybridized carbons (Fsp3) is 0.357. The Balaban J connectivity index is 2.14. The third-order valence-corrected chi connectivity index (χ3v) is 4.66. The molecule has 112 valence electrons. The molecule has 0 spiro atoms. The molecular formula is C14H16BrN3O2S. The second-order valence-corrected chi connectivity index (χ2v) is 7.12. The normalized spacial score (nSPS) is 10.6. The second-order valence-electron chi connectivity index (χ2n) is 4.66. The highest BCUT2D eigenvalue weighted by atomic mass is 79.9. The van der Waals surface area contributed by atoms with Crippen LogP contribution in [0.1, 0.15) is 23.0 Å². The summed E-state index contributed by atoms with van der Waals surface area (Å²) in [7, 11) is 1.92. The van der Waals surface area contributed by atoms with Crippen LogP contribution < -0.4 is 10.5 Å². The Bertz CT molecular complexity index is 696. The minimum atomic E-state index is -0.264. The van der Waals surface area contributed by atoms with Crippen LogP contribution in [0.5, 0.6) is 0 Å². The number of hydrogen-bond acceptors (Lipinski definition) is 5. The average molecular weight is 370 g/mol. The Hall–Kier alpha value is -1.47. The van der Waals surface area contributed by atoms with E-state index in [2.05, 4.69) is 28.0 Å². The number of ketones is 1. The van der Waals surface area contributed by atoms with Crippen LogP contribution in [0.25, 0.3) is 0 Å². The molecule has 0 aliphatic carbocycles. The molecule has 0 unspecified atom stereocenters. The number of carbonyl (C=O) groups excluding carboxylic acids is 1. The van der Waals surface area contributed by atoms with Gasteiger partial charge in [0.25, 0.3) is 5.56 Å². The molecule has 2 heterocycles. The van der Waals surface area contributed by atoms with Crippen molar-refractivity contribution in [3.05, 3.63) is 43.4 Å². The van der Waals surface area contributed by atoms with E-state index in [9.17, 15) is 9.59 Å². The van der Waals surface area contributed by atoms with E-state index >= 15 is 0 Å². The maximum absolute atomic E-state index is 12.1. The van der Waals surface area contributed by atoms with E-state index in [-0.39, 0.29) is 17.9 Å². The molecule has 2 aromatic heterocycles. The molecule has 0 amide bonds. The number of Topliss-reactive ketones (excluding diaryl/α,β-unsaturated/α-hetero) is 1. The molecule has 0 saturated heterocycles. The fourth-order valence-corrected chi connectivity index (χ4v) is 3.21. The number of halogens is 1. The average Bonchev–Trinajstić information content (AvgIpc) is 2.88. The lowest BCUT2D eigenvalue weighted by molar-refractivity contribution is 0.0969. The van der Waals surface area contributed by atoms with Crippen molar-refractivity contribution >= 4 is 38.7 Å².